The number of ketones is 1. The number of hydrogen-bond acceptors (Lipinski definition) is 5. The summed E-state index contributed by atoms with van der Waals surface area (Å²) in [6, 6.07) is 7.27. The quantitative estimate of drug-likeness (QED) is 0.779. The summed E-state index contributed by atoms with van der Waals surface area (Å²) in [6.45, 7) is 1.06. The lowest BCUT2D eigenvalue weighted by Crippen LogP contribution is -2.42. The summed E-state index contributed by atoms with van der Waals surface area (Å²) in [5, 5.41) is 0. The van der Waals surface area contributed by atoms with Crippen LogP contribution in [-0.2, 0) is 12.8 Å². The van der Waals surface area contributed by atoms with Gasteiger partial charge in [-0.25, -0.2) is 4.98 Å². The Morgan fingerprint density at radius 1 is 1.22 bits per heavy atom. The number of carbonyl (C=O) groups excluding carboxylic acids is 2. The van der Waals surface area contributed by atoms with Crippen molar-refractivity contribution in [3.63, 3.8) is 0 Å². The van der Waals surface area contributed by atoms with E-state index >= 15 is 0 Å². The highest BCUT2D eigenvalue weighted by Gasteiger charge is 2.32. The zero-order valence-corrected chi connectivity index (χ0v) is 15.5. The zero-order chi connectivity index (χ0) is 18.8. The molecule has 0 radical (unpaired) electrons. The van der Waals surface area contributed by atoms with Gasteiger partial charge in [0.15, 0.2) is 5.78 Å². The van der Waals surface area contributed by atoms with Crippen LogP contribution in [0.2, 0.25) is 0 Å². The molecule has 1 aliphatic carbocycles. The van der Waals surface area contributed by atoms with Gasteiger partial charge >= 0.3 is 0 Å². The molecule has 27 heavy (non-hydrogen) atoms. The highest BCUT2D eigenvalue weighted by atomic mass is 16.5. The smallest absolute Gasteiger partial charge is 0.259 e. The molecule has 0 bridgehead atoms. The number of Topliss-reactive ketones (excluding diaryl/α,β-unsaturated/α-hetero) is 1. The molecule has 4 rings (SSSR count). The molecule has 6 heteroatoms. The summed E-state index contributed by atoms with van der Waals surface area (Å²) in [5.74, 6) is 0.0736. The van der Waals surface area contributed by atoms with Gasteiger partial charge in [0.1, 0.15) is 11.3 Å². The Morgan fingerprint density at radius 3 is 2.89 bits per heavy atom. The van der Waals surface area contributed by atoms with Gasteiger partial charge in [0, 0.05) is 30.9 Å². The predicted octanol–water partition coefficient (Wildman–Crippen LogP) is 2.71. The Balaban J connectivity index is 1.55. The van der Waals surface area contributed by atoms with E-state index in [0.29, 0.717) is 30.2 Å². The molecule has 0 spiro atoms. The third kappa shape index (κ3) is 3.44. The lowest BCUT2D eigenvalue weighted by molar-refractivity contribution is 0.0632. The van der Waals surface area contributed by atoms with E-state index in [1.807, 2.05) is 12.1 Å². The van der Waals surface area contributed by atoms with E-state index in [1.165, 1.54) is 0 Å². The van der Waals surface area contributed by atoms with Crippen LogP contribution >= 0.6 is 0 Å². The largest absolute Gasteiger partial charge is 0.480 e. The number of pyridine rings is 2. The fraction of sp³-hybridized carbons (Fsp3) is 0.429. The van der Waals surface area contributed by atoms with Crippen LogP contribution in [0.15, 0.2) is 30.5 Å². The highest BCUT2D eigenvalue weighted by molar-refractivity contribution is 5.99. The van der Waals surface area contributed by atoms with Crippen LogP contribution < -0.4 is 4.74 Å². The number of hydrogen-bond donors (Lipinski definition) is 0. The highest BCUT2D eigenvalue weighted by Crippen LogP contribution is 2.29. The van der Waals surface area contributed by atoms with Crippen LogP contribution in [0.5, 0.6) is 5.88 Å². The first-order valence-corrected chi connectivity index (χ1v) is 9.48. The van der Waals surface area contributed by atoms with Gasteiger partial charge in [-0.1, -0.05) is 6.07 Å². The Kier molecular flexibility index (Phi) is 4.88. The van der Waals surface area contributed by atoms with E-state index in [9.17, 15) is 9.59 Å². The lowest BCUT2D eigenvalue weighted by Gasteiger charge is -2.32. The van der Waals surface area contributed by atoms with Crippen molar-refractivity contribution in [2.45, 2.75) is 32.1 Å². The molecule has 140 valence electrons. The SMILES string of the molecule is COc1nc2c(cc1C(=O)N1CCC[C@H](C(=O)c3ccccn3)C1)CCC2. The molecule has 0 unspecified atom stereocenters. The number of rotatable bonds is 4. The fourth-order valence-corrected chi connectivity index (χ4v) is 4.03. The van der Waals surface area contributed by atoms with Crippen molar-refractivity contribution in [1.29, 1.82) is 0 Å². The summed E-state index contributed by atoms with van der Waals surface area (Å²) in [5.41, 5.74) is 3.14. The zero-order valence-electron chi connectivity index (χ0n) is 15.5. The monoisotopic (exact) mass is 365 g/mol. The number of aromatic nitrogens is 2. The molecule has 0 N–H and O–H groups in total. The predicted molar refractivity (Wildman–Crippen MR) is 100 cm³/mol. The Labute approximate surface area is 158 Å². The second kappa shape index (κ2) is 7.47. The maximum Gasteiger partial charge on any atom is 0.259 e. The first-order chi connectivity index (χ1) is 13.2. The fourth-order valence-electron chi connectivity index (χ4n) is 4.03. The molecule has 2 aromatic rings. The molecule has 1 atom stereocenters. The van der Waals surface area contributed by atoms with Gasteiger partial charge in [0.25, 0.3) is 5.91 Å². The first-order valence-electron chi connectivity index (χ1n) is 9.48. The van der Waals surface area contributed by atoms with Crippen LogP contribution in [-0.4, -0.2) is 46.8 Å². The topological polar surface area (TPSA) is 72.4 Å². The standard InChI is InChI=1S/C21H23N3O3/c1-27-20-16(12-14-6-4-9-17(14)23-20)21(26)24-11-5-7-15(13-24)19(25)18-8-2-3-10-22-18/h2-3,8,10,12,15H,4-7,9,11,13H2,1H3/t15-/m0/s1. The summed E-state index contributed by atoms with van der Waals surface area (Å²) >= 11 is 0. The van der Waals surface area contributed by atoms with Gasteiger partial charge in [-0.2, -0.15) is 0 Å². The maximum atomic E-state index is 13.2. The number of methoxy groups -OCH3 is 1. The van der Waals surface area contributed by atoms with Crippen molar-refractivity contribution in [1.82, 2.24) is 14.9 Å². The maximum absolute atomic E-state index is 13.2. The first kappa shape index (κ1) is 17.6. The Hall–Kier alpha value is -2.76. The van der Waals surface area contributed by atoms with E-state index < -0.39 is 0 Å². The third-order valence-corrected chi connectivity index (χ3v) is 5.44. The van der Waals surface area contributed by atoms with Gasteiger partial charge in [0.05, 0.1) is 7.11 Å². The molecule has 2 aromatic heterocycles. The van der Waals surface area contributed by atoms with Gasteiger partial charge in [-0.3, -0.25) is 14.6 Å². The van der Waals surface area contributed by atoms with Gasteiger partial charge < -0.3 is 9.64 Å². The number of carbonyl (C=O) groups is 2. The molecule has 0 aromatic carbocycles. The molecule has 6 nitrogen and oxygen atoms in total. The van der Waals surface area contributed by atoms with E-state index in [4.69, 9.17) is 4.74 Å². The summed E-state index contributed by atoms with van der Waals surface area (Å²) in [6.07, 6.45) is 6.15. The average molecular weight is 365 g/mol. The number of ether oxygens (including phenoxy) is 1. The van der Waals surface area contributed by atoms with E-state index in [1.54, 1.807) is 30.3 Å². The third-order valence-electron chi connectivity index (χ3n) is 5.44. The summed E-state index contributed by atoms with van der Waals surface area (Å²) in [4.78, 5) is 36.4. The molecule has 0 saturated carbocycles. The number of fused-ring (bicyclic) bond motifs is 1. The van der Waals surface area contributed by atoms with Crippen LogP contribution in [0.3, 0.4) is 0 Å². The summed E-state index contributed by atoms with van der Waals surface area (Å²) in [7, 11) is 1.55. The van der Waals surface area contributed by atoms with Crippen molar-refractivity contribution in [3.8, 4) is 5.88 Å². The average Bonchev–Trinajstić information content (AvgIpc) is 3.20. The van der Waals surface area contributed by atoms with Crippen LogP contribution in [0, 0.1) is 5.92 Å². The Bertz CT molecular complexity index is 866. The van der Waals surface area contributed by atoms with Crippen molar-refractivity contribution in [2.24, 2.45) is 5.92 Å². The van der Waals surface area contributed by atoms with Crippen molar-refractivity contribution >= 4 is 11.7 Å². The van der Waals surface area contributed by atoms with Crippen molar-refractivity contribution in [3.05, 3.63) is 53.0 Å². The molecule has 1 fully saturated rings. The van der Waals surface area contributed by atoms with Crippen molar-refractivity contribution < 1.29 is 14.3 Å². The van der Waals surface area contributed by atoms with E-state index in [2.05, 4.69) is 9.97 Å². The minimum atomic E-state index is -0.217. The van der Waals surface area contributed by atoms with E-state index in [0.717, 1.165) is 43.4 Å². The van der Waals surface area contributed by atoms with Crippen molar-refractivity contribution in [2.75, 3.05) is 20.2 Å². The molecular weight excluding hydrogens is 342 g/mol. The second-order valence-corrected chi connectivity index (χ2v) is 7.17. The number of likely N-dealkylation sites (tertiary alicyclic amines) is 1. The van der Waals surface area contributed by atoms with Gasteiger partial charge in [-0.15, -0.1) is 0 Å². The second-order valence-electron chi connectivity index (χ2n) is 7.17. The normalized spacial score (nSPS) is 18.9. The lowest BCUT2D eigenvalue weighted by atomic mass is 9.91. The Morgan fingerprint density at radius 2 is 2.11 bits per heavy atom. The molecule has 1 saturated heterocycles. The van der Waals surface area contributed by atoms with Crippen LogP contribution in [0.25, 0.3) is 0 Å². The number of aryl methyl sites for hydroxylation is 2. The number of nitrogens with zero attached hydrogens (tertiary/aromatic N) is 3. The molecular formula is C21H23N3O3. The molecule has 1 amide bonds. The molecule has 2 aliphatic rings. The van der Waals surface area contributed by atoms with E-state index in [-0.39, 0.29) is 17.6 Å². The van der Waals surface area contributed by atoms with Gasteiger partial charge in [0.2, 0.25) is 5.88 Å². The minimum absolute atomic E-state index is 0.00661. The van der Waals surface area contributed by atoms with Gasteiger partial charge in [-0.05, 0) is 55.9 Å². The molecule has 1 aliphatic heterocycles. The summed E-state index contributed by atoms with van der Waals surface area (Å²) < 4.78 is 5.39. The van der Waals surface area contributed by atoms with Crippen LogP contribution in [0.4, 0.5) is 0 Å². The molecule has 3 heterocycles. The number of piperidine rings is 1. The minimum Gasteiger partial charge on any atom is -0.480 e. The number of amides is 1. The van der Waals surface area contributed by atoms with Crippen LogP contribution in [0.1, 0.15) is 51.4 Å².